The summed E-state index contributed by atoms with van der Waals surface area (Å²) in [6.07, 6.45) is 5.87. The number of rotatable bonds is 7. The first-order chi connectivity index (χ1) is 14.0. The first kappa shape index (κ1) is 24.9. The number of benzene rings is 2. The lowest BCUT2D eigenvalue weighted by Crippen LogP contribution is -2.28. The molecule has 3 rings (SSSR count). The Morgan fingerprint density at radius 3 is 2.33 bits per heavy atom. The lowest BCUT2D eigenvalue weighted by Gasteiger charge is -2.24. The number of carbonyl (C=O) groups excluding carboxylic acids is 1. The van der Waals surface area contributed by atoms with E-state index in [1.54, 1.807) is 6.07 Å². The van der Waals surface area contributed by atoms with Crippen LogP contribution in [0.4, 0.5) is 4.39 Å². The standard InChI is InChI=1S/C23H26Cl2FNO2.ClH/c24-19-7-10-21(22(25)15-19)18(11-14-27-12-3-1-2-4-13-27)16-29-23(28)17-5-8-20(26)9-6-17;/h5-10,15,18H,1-4,11-14,16H2;1H. The second-order valence-electron chi connectivity index (χ2n) is 7.51. The Kier molecular flexibility index (Phi) is 10.4. The lowest BCUT2D eigenvalue weighted by molar-refractivity contribution is 0.0470. The normalized spacial score (nSPS) is 15.7. The molecule has 0 aromatic heterocycles. The molecule has 1 atom stereocenters. The summed E-state index contributed by atoms with van der Waals surface area (Å²) >= 11 is 12.5. The Bertz CT molecular complexity index is 809. The maximum atomic E-state index is 13.1. The van der Waals surface area contributed by atoms with E-state index in [-0.39, 0.29) is 30.7 Å². The van der Waals surface area contributed by atoms with E-state index in [0.29, 0.717) is 15.6 Å². The Balaban J connectivity index is 0.00000320. The van der Waals surface area contributed by atoms with E-state index in [1.165, 1.54) is 49.9 Å². The van der Waals surface area contributed by atoms with E-state index in [9.17, 15) is 9.18 Å². The van der Waals surface area contributed by atoms with Crippen molar-refractivity contribution in [3.8, 4) is 0 Å². The molecule has 1 fully saturated rings. The molecular weight excluding hydrogens is 448 g/mol. The average molecular weight is 475 g/mol. The minimum absolute atomic E-state index is 0. The molecule has 0 N–H and O–H groups in total. The summed E-state index contributed by atoms with van der Waals surface area (Å²) in [4.78, 5) is 14.9. The number of esters is 1. The van der Waals surface area contributed by atoms with Crippen LogP contribution < -0.4 is 0 Å². The van der Waals surface area contributed by atoms with Crippen LogP contribution in [-0.2, 0) is 4.74 Å². The summed E-state index contributed by atoms with van der Waals surface area (Å²) in [6.45, 7) is 3.36. The minimum Gasteiger partial charge on any atom is -0.461 e. The molecule has 0 spiro atoms. The molecule has 1 aliphatic rings. The molecule has 30 heavy (non-hydrogen) atoms. The fourth-order valence-corrected chi connectivity index (χ4v) is 4.27. The number of likely N-dealkylation sites (tertiary alicyclic amines) is 1. The highest BCUT2D eigenvalue weighted by molar-refractivity contribution is 6.35. The van der Waals surface area contributed by atoms with Gasteiger partial charge in [0.15, 0.2) is 0 Å². The van der Waals surface area contributed by atoms with Crippen molar-refractivity contribution in [1.29, 1.82) is 0 Å². The number of ether oxygens (including phenoxy) is 1. The van der Waals surface area contributed by atoms with Crippen molar-refractivity contribution in [2.75, 3.05) is 26.2 Å². The molecule has 0 saturated carbocycles. The van der Waals surface area contributed by atoms with Crippen molar-refractivity contribution in [2.24, 2.45) is 0 Å². The maximum Gasteiger partial charge on any atom is 0.338 e. The molecular formula is C23H27Cl3FNO2. The third kappa shape index (κ3) is 7.42. The van der Waals surface area contributed by atoms with Crippen molar-refractivity contribution >= 4 is 41.6 Å². The van der Waals surface area contributed by atoms with E-state index in [1.807, 2.05) is 12.1 Å². The van der Waals surface area contributed by atoms with Gasteiger partial charge in [0.25, 0.3) is 0 Å². The van der Waals surface area contributed by atoms with Gasteiger partial charge in [-0.25, -0.2) is 9.18 Å². The Morgan fingerprint density at radius 1 is 1.03 bits per heavy atom. The molecule has 0 bridgehead atoms. The SMILES string of the molecule is Cl.O=C(OCC(CCN1CCCCCC1)c1ccc(Cl)cc1Cl)c1ccc(F)cc1. The van der Waals surface area contributed by atoms with Crippen LogP contribution in [0.2, 0.25) is 10.0 Å². The monoisotopic (exact) mass is 473 g/mol. The van der Waals surface area contributed by atoms with Crippen LogP contribution >= 0.6 is 35.6 Å². The van der Waals surface area contributed by atoms with Crippen LogP contribution in [0.25, 0.3) is 0 Å². The van der Waals surface area contributed by atoms with Crippen molar-refractivity contribution in [3.05, 3.63) is 69.5 Å². The van der Waals surface area contributed by atoms with Gasteiger partial charge in [-0.15, -0.1) is 12.4 Å². The van der Waals surface area contributed by atoms with Gasteiger partial charge in [0.2, 0.25) is 0 Å². The number of carbonyl (C=O) groups is 1. The lowest BCUT2D eigenvalue weighted by atomic mass is 9.96. The topological polar surface area (TPSA) is 29.5 Å². The van der Waals surface area contributed by atoms with Gasteiger partial charge in [-0.05, 0) is 80.9 Å². The number of hydrogen-bond donors (Lipinski definition) is 0. The summed E-state index contributed by atoms with van der Waals surface area (Å²) in [5.41, 5.74) is 1.26. The van der Waals surface area contributed by atoms with Crippen molar-refractivity contribution < 1.29 is 13.9 Å². The van der Waals surface area contributed by atoms with Gasteiger partial charge in [-0.1, -0.05) is 42.1 Å². The summed E-state index contributed by atoms with van der Waals surface area (Å²) in [6, 6.07) is 10.8. The van der Waals surface area contributed by atoms with Gasteiger partial charge in [-0.2, -0.15) is 0 Å². The highest BCUT2D eigenvalue weighted by Crippen LogP contribution is 2.30. The molecule has 0 amide bonds. The van der Waals surface area contributed by atoms with Crippen LogP contribution in [0.1, 0.15) is 53.9 Å². The smallest absolute Gasteiger partial charge is 0.338 e. The van der Waals surface area contributed by atoms with Gasteiger partial charge >= 0.3 is 5.97 Å². The molecule has 1 heterocycles. The predicted octanol–water partition coefficient (Wildman–Crippen LogP) is 6.76. The molecule has 164 valence electrons. The molecule has 0 radical (unpaired) electrons. The van der Waals surface area contributed by atoms with Crippen LogP contribution in [-0.4, -0.2) is 37.1 Å². The highest BCUT2D eigenvalue weighted by Gasteiger charge is 2.20. The van der Waals surface area contributed by atoms with Gasteiger partial charge in [0.1, 0.15) is 5.82 Å². The van der Waals surface area contributed by atoms with Gasteiger partial charge in [0.05, 0.1) is 12.2 Å². The van der Waals surface area contributed by atoms with Gasteiger partial charge in [0, 0.05) is 16.0 Å². The summed E-state index contributed by atoms with van der Waals surface area (Å²) < 4.78 is 18.6. The van der Waals surface area contributed by atoms with Crippen LogP contribution in [0.5, 0.6) is 0 Å². The third-order valence-electron chi connectivity index (χ3n) is 5.39. The third-order valence-corrected chi connectivity index (χ3v) is 5.95. The van der Waals surface area contributed by atoms with Crippen LogP contribution in [0, 0.1) is 5.82 Å². The molecule has 1 aliphatic heterocycles. The zero-order valence-corrected chi connectivity index (χ0v) is 19.1. The van der Waals surface area contributed by atoms with Crippen molar-refractivity contribution in [3.63, 3.8) is 0 Å². The number of hydrogen-bond acceptors (Lipinski definition) is 3. The Morgan fingerprint density at radius 2 is 1.70 bits per heavy atom. The zero-order valence-electron chi connectivity index (χ0n) is 16.8. The summed E-state index contributed by atoms with van der Waals surface area (Å²) in [5.74, 6) is -0.882. The second kappa shape index (κ2) is 12.5. The van der Waals surface area contributed by atoms with E-state index in [2.05, 4.69) is 4.90 Å². The van der Waals surface area contributed by atoms with E-state index in [0.717, 1.165) is 31.6 Å². The molecule has 3 nitrogen and oxygen atoms in total. The second-order valence-corrected chi connectivity index (χ2v) is 8.36. The van der Waals surface area contributed by atoms with E-state index >= 15 is 0 Å². The maximum absolute atomic E-state index is 13.1. The number of halogens is 4. The molecule has 7 heteroatoms. The summed E-state index contributed by atoms with van der Waals surface area (Å²) in [5, 5.41) is 1.16. The first-order valence-corrected chi connectivity index (χ1v) is 10.9. The largest absolute Gasteiger partial charge is 0.461 e. The average Bonchev–Trinajstić information content (AvgIpc) is 2.98. The molecule has 2 aromatic rings. The zero-order chi connectivity index (χ0) is 20.6. The molecule has 1 saturated heterocycles. The van der Waals surface area contributed by atoms with Crippen LogP contribution in [0.15, 0.2) is 42.5 Å². The predicted molar refractivity (Wildman–Crippen MR) is 123 cm³/mol. The van der Waals surface area contributed by atoms with E-state index < -0.39 is 5.97 Å². The minimum atomic E-state index is -0.463. The van der Waals surface area contributed by atoms with Gasteiger partial charge < -0.3 is 9.64 Å². The van der Waals surface area contributed by atoms with Crippen molar-refractivity contribution in [1.82, 2.24) is 4.90 Å². The van der Waals surface area contributed by atoms with Crippen LogP contribution in [0.3, 0.4) is 0 Å². The van der Waals surface area contributed by atoms with Crippen molar-refractivity contribution in [2.45, 2.75) is 38.0 Å². The Labute approximate surface area is 193 Å². The molecule has 0 aliphatic carbocycles. The fourth-order valence-electron chi connectivity index (χ4n) is 3.70. The molecule has 1 unspecified atom stereocenters. The van der Waals surface area contributed by atoms with Gasteiger partial charge in [-0.3, -0.25) is 0 Å². The Hall–Kier alpha value is -1.33. The quantitative estimate of drug-likeness (QED) is 0.415. The first-order valence-electron chi connectivity index (χ1n) is 10.1. The number of nitrogens with zero attached hydrogens (tertiary/aromatic N) is 1. The van der Waals surface area contributed by atoms with E-state index in [4.69, 9.17) is 27.9 Å². The summed E-state index contributed by atoms with van der Waals surface area (Å²) in [7, 11) is 0. The highest BCUT2D eigenvalue weighted by atomic mass is 35.5. The molecule has 2 aromatic carbocycles. The fraction of sp³-hybridized carbons (Fsp3) is 0.435.